The van der Waals surface area contributed by atoms with Gasteiger partial charge in [0.1, 0.15) is 11.2 Å². The maximum absolute atomic E-state index is 6.67. The van der Waals surface area contributed by atoms with Crippen LogP contribution >= 0.6 is 0 Å². The third kappa shape index (κ3) is 6.21. The fraction of sp³-hybridized carbons (Fsp3) is 0. The molecule has 3 heteroatoms. The average Bonchev–Trinajstić information content (AvgIpc) is 3.91. The summed E-state index contributed by atoms with van der Waals surface area (Å²) in [6.45, 7) is 0. The van der Waals surface area contributed by atoms with Crippen LogP contribution in [0.5, 0.6) is 0 Å². The van der Waals surface area contributed by atoms with E-state index in [1.165, 1.54) is 44.2 Å². The molecule has 12 aromatic rings. The molecule has 0 unspecified atom stereocenters. The van der Waals surface area contributed by atoms with Gasteiger partial charge in [0.05, 0.1) is 22.4 Å². The zero-order valence-electron chi connectivity index (χ0n) is 34.4. The van der Waals surface area contributed by atoms with Gasteiger partial charge >= 0.3 is 0 Å². The van der Waals surface area contributed by atoms with Gasteiger partial charge in [-0.3, -0.25) is 0 Å². The van der Waals surface area contributed by atoms with Crippen molar-refractivity contribution in [1.29, 1.82) is 0 Å². The van der Waals surface area contributed by atoms with Gasteiger partial charge in [-0.2, -0.15) is 0 Å². The molecule has 12 rings (SSSR count). The first-order valence-corrected chi connectivity index (χ1v) is 21.5. The van der Waals surface area contributed by atoms with Gasteiger partial charge in [-0.25, -0.2) is 0 Å². The summed E-state index contributed by atoms with van der Waals surface area (Å²) in [6, 6.07) is 87.1. The van der Waals surface area contributed by atoms with Gasteiger partial charge in [0.2, 0.25) is 0 Å². The predicted molar refractivity (Wildman–Crippen MR) is 264 cm³/mol. The molecule has 0 aliphatic heterocycles. The number of nitrogens with zero attached hydrogens (tertiary/aromatic N) is 2. The highest BCUT2D eigenvalue weighted by Gasteiger charge is 2.23. The molecule has 0 N–H and O–H groups in total. The van der Waals surface area contributed by atoms with Crippen molar-refractivity contribution in [1.82, 2.24) is 4.57 Å². The Morgan fingerprint density at radius 3 is 1.68 bits per heavy atom. The van der Waals surface area contributed by atoms with Crippen molar-refractivity contribution in [3.05, 3.63) is 243 Å². The molecule has 296 valence electrons. The Hall–Kier alpha value is -8.40. The Kier molecular flexibility index (Phi) is 8.83. The highest BCUT2D eigenvalue weighted by molar-refractivity contribution is 6.13. The van der Waals surface area contributed by atoms with Crippen LogP contribution in [-0.2, 0) is 0 Å². The van der Waals surface area contributed by atoms with Gasteiger partial charge in [-0.05, 0) is 76.3 Å². The molecule has 0 aliphatic carbocycles. The van der Waals surface area contributed by atoms with Gasteiger partial charge in [0.25, 0.3) is 0 Å². The summed E-state index contributed by atoms with van der Waals surface area (Å²) in [4.78, 5) is 2.41. The molecular formula is C60H40N2O. The van der Waals surface area contributed by atoms with E-state index in [0.29, 0.717) is 0 Å². The van der Waals surface area contributed by atoms with Crippen molar-refractivity contribution < 1.29 is 4.42 Å². The van der Waals surface area contributed by atoms with Crippen LogP contribution in [0.25, 0.3) is 93.9 Å². The maximum atomic E-state index is 6.67. The molecule has 0 radical (unpaired) electrons. The molecule has 0 spiro atoms. The topological polar surface area (TPSA) is 21.3 Å². The van der Waals surface area contributed by atoms with E-state index in [1.807, 2.05) is 6.07 Å². The Labute approximate surface area is 366 Å². The lowest BCUT2D eigenvalue weighted by Gasteiger charge is -2.28. The summed E-state index contributed by atoms with van der Waals surface area (Å²) >= 11 is 0. The largest absolute Gasteiger partial charge is 0.455 e. The van der Waals surface area contributed by atoms with Gasteiger partial charge in [-0.15, -0.1) is 0 Å². The Bertz CT molecular complexity index is 3600. The van der Waals surface area contributed by atoms with Crippen LogP contribution in [-0.4, -0.2) is 4.57 Å². The second-order valence-corrected chi connectivity index (χ2v) is 16.0. The molecule has 2 aromatic heterocycles. The lowest BCUT2D eigenvalue weighted by Crippen LogP contribution is -2.11. The number of furan rings is 1. The SMILES string of the molecule is c1ccc(-c2ccc(N(c3ccc4c5ccccc5n(-c5cccc(-c6ccccc6)c5-c5ccccc5)c4c3)c3ccccc3-c3cccc4c3oc3ccccc34)cc2)cc1. The van der Waals surface area contributed by atoms with Crippen LogP contribution in [0.1, 0.15) is 0 Å². The number of para-hydroxylation sites is 4. The molecule has 0 atom stereocenters. The van der Waals surface area contributed by atoms with E-state index in [0.717, 1.165) is 66.8 Å². The summed E-state index contributed by atoms with van der Waals surface area (Å²) in [6.07, 6.45) is 0. The summed E-state index contributed by atoms with van der Waals surface area (Å²) in [5.41, 5.74) is 17.5. The lowest BCUT2D eigenvalue weighted by molar-refractivity contribution is 0.670. The molecule has 0 bridgehead atoms. The van der Waals surface area contributed by atoms with E-state index in [4.69, 9.17) is 4.42 Å². The second kappa shape index (κ2) is 15.3. The number of benzene rings is 10. The van der Waals surface area contributed by atoms with E-state index in [-0.39, 0.29) is 0 Å². The van der Waals surface area contributed by atoms with Crippen LogP contribution in [0, 0.1) is 0 Å². The van der Waals surface area contributed by atoms with E-state index in [2.05, 4.69) is 246 Å². The normalized spacial score (nSPS) is 11.5. The minimum Gasteiger partial charge on any atom is -0.455 e. The van der Waals surface area contributed by atoms with Crippen LogP contribution in [0.3, 0.4) is 0 Å². The average molecular weight is 805 g/mol. The minimum absolute atomic E-state index is 0.882. The van der Waals surface area contributed by atoms with E-state index >= 15 is 0 Å². The number of fused-ring (bicyclic) bond motifs is 6. The summed E-state index contributed by atoms with van der Waals surface area (Å²) in [5, 5.41) is 4.62. The fourth-order valence-corrected chi connectivity index (χ4v) is 9.57. The summed E-state index contributed by atoms with van der Waals surface area (Å²) < 4.78 is 9.15. The molecule has 3 nitrogen and oxygen atoms in total. The van der Waals surface area contributed by atoms with Gasteiger partial charge < -0.3 is 13.9 Å². The van der Waals surface area contributed by atoms with Crippen LogP contribution < -0.4 is 4.90 Å². The van der Waals surface area contributed by atoms with Gasteiger partial charge in [0.15, 0.2) is 0 Å². The van der Waals surface area contributed by atoms with Crippen LogP contribution in [0.15, 0.2) is 247 Å². The van der Waals surface area contributed by atoms with Crippen LogP contribution in [0.4, 0.5) is 17.1 Å². The number of hydrogen-bond donors (Lipinski definition) is 0. The molecule has 10 aromatic carbocycles. The molecular weight excluding hydrogens is 765 g/mol. The number of aromatic nitrogens is 1. The summed E-state index contributed by atoms with van der Waals surface area (Å²) in [5.74, 6) is 0. The van der Waals surface area contributed by atoms with Crippen molar-refractivity contribution in [2.75, 3.05) is 4.90 Å². The zero-order valence-corrected chi connectivity index (χ0v) is 34.4. The van der Waals surface area contributed by atoms with Crippen molar-refractivity contribution in [2.45, 2.75) is 0 Å². The third-order valence-electron chi connectivity index (χ3n) is 12.4. The Balaban J connectivity index is 1.12. The van der Waals surface area contributed by atoms with Crippen molar-refractivity contribution in [3.8, 4) is 50.2 Å². The lowest BCUT2D eigenvalue weighted by atomic mass is 9.93. The summed E-state index contributed by atoms with van der Waals surface area (Å²) in [7, 11) is 0. The van der Waals surface area contributed by atoms with Gasteiger partial charge in [-0.1, -0.05) is 194 Å². The first-order chi connectivity index (χ1) is 31.3. The zero-order chi connectivity index (χ0) is 41.7. The van der Waals surface area contributed by atoms with Crippen molar-refractivity contribution in [3.63, 3.8) is 0 Å². The number of hydrogen-bond acceptors (Lipinski definition) is 2. The van der Waals surface area contributed by atoms with E-state index in [1.54, 1.807) is 0 Å². The predicted octanol–water partition coefficient (Wildman–Crippen LogP) is 16.8. The second-order valence-electron chi connectivity index (χ2n) is 16.0. The molecule has 0 aliphatic rings. The van der Waals surface area contributed by atoms with Gasteiger partial charge in [0, 0.05) is 49.6 Å². The van der Waals surface area contributed by atoms with E-state index < -0.39 is 0 Å². The molecule has 0 fully saturated rings. The molecule has 0 saturated heterocycles. The molecule has 63 heavy (non-hydrogen) atoms. The smallest absolute Gasteiger partial charge is 0.143 e. The first-order valence-electron chi connectivity index (χ1n) is 21.5. The van der Waals surface area contributed by atoms with E-state index in [9.17, 15) is 0 Å². The first kappa shape index (κ1) is 36.5. The Morgan fingerprint density at radius 2 is 0.889 bits per heavy atom. The minimum atomic E-state index is 0.882. The highest BCUT2D eigenvalue weighted by atomic mass is 16.3. The quantitative estimate of drug-likeness (QED) is 0.153. The molecule has 2 heterocycles. The standard InChI is InChI=1S/C60H40N2O/c1-4-18-41(19-5-1)42-34-36-45(37-35-42)61(54-30-13-11-25-49(54)52-28-16-29-53-51-26-12-15-33-58(51)63-60(52)53)46-38-39-50-48-24-10-14-31-55(48)62(57(50)40-46)56-32-17-27-47(43-20-6-2-7-21-43)59(56)44-22-8-3-9-23-44/h1-40H. The number of rotatable bonds is 8. The highest BCUT2D eigenvalue weighted by Crippen LogP contribution is 2.47. The fourth-order valence-electron chi connectivity index (χ4n) is 9.57. The van der Waals surface area contributed by atoms with Crippen molar-refractivity contribution in [2.24, 2.45) is 0 Å². The Morgan fingerprint density at radius 1 is 0.333 bits per heavy atom. The molecule has 0 amide bonds. The molecule has 0 saturated carbocycles. The van der Waals surface area contributed by atoms with Crippen molar-refractivity contribution >= 4 is 60.8 Å². The van der Waals surface area contributed by atoms with Crippen LogP contribution in [0.2, 0.25) is 0 Å². The monoisotopic (exact) mass is 804 g/mol. The number of anilines is 3. The third-order valence-corrected chi connectivity index (χ3v) is 12.4. The maximum Gasteiger partial charge on any atom is 0.143 e.